The number of fused-ring (bicyclic) bond motifs is 1. The van der Waals surface area contributed by atoms with Gasteiger partial charge in [0.15, 0.2) is 24.1 Å². The Labute approximate surface area is 218 Å². The van der Waals surface area contributed by atoms with Crippen LogP contribution in [-0.2, 0) is 37.6 Å². The molecule has 14 nitrogen and oxygen atoms in total. The number of carboxylic acids is 2. The number of nitrogens with zero attached hydrogens (tertiary/aromatic N) is 5. The first-order valence-corrected chi connectivity index (χ1v) is 12.8. The number of oxime groups is 1. The molecule has 0 radical (unpaired) electrons. The number of aliphatic carboxylic acids is 2. The second-order valence-corrected chi connectivity index (χ2v) is 10.7. The van der Waals surface area contributed by atoms with Gasteiger partial charge in [-0.3, -0.25) is 14.5 Å². The average Bonchev–Trinajstić information content (AvgIpc) is 3.44. The van der Waals surface area contributed by atoms with Crippen molar-refractivity contribution in [2.45, 2.75) is 37.4 Å². The first-order valence-electron chi connectivity index (χ1n) is 10.8. The summed E-state index contributed by atoms with van der Waals surface area (Å²) in [5.41, 5.74) is 4.03. The third kappa shape index (κ3) is 5.01. The minimum absolute atomic E-state index is 0.0362. The summed E-state index contributed by atoms with van der Waals surface area (Å²) in [5.74, 6) is -3.66. The van der Waals surface area contributed by atoms with Crippen LogP contribution in [-0.4, -0.2) is 77.0 Å². The highest BCUT2D eigenvalue weighted by Gasteiger charge is 2.54. The summed E-state index contributed by atoms with van der Waals surface area (Å²) in [6.07, 6.45) is 3.61. The minimum Gasteiger partial charge on any atom is -0.478 e. The van der Waals surface area contributed by atoms with Crippen molar-refractivity contribution in [3.63, 3.8) is 0 Å². The van der Waals surface area contributed by atoms with E-state index < -0.39 is 40.8 Å². The summed E-state index contributed by atoms with van der Waals surface area (Å²) >= 11 is 2.35. The molecule has 37 heavy (non-hydrogen) atoms. The van der Waals surface area contributed by atoms with E-state index in [1.807, 2.05) is 24.0 Å². The first kappa shape index (κ1) is 26.2. The number of carbonyl (C=O) groups excluding carboxylic acids is 2. The third-order valence-electron chi connectivity index (χ3n) is 5.71. The van der Waals surface area contributed by atoms with E-state index in [0.29, 0.717) is 11.3 Å². The Balaban J connectivity index is 1.56. The summed E-state index contributed by atoms with van der Waals surface area (Å²) in [6.45, 7) is 2.78. The predicted octanol–water partition coefficient (Wildman–Crippen LogP) is -0.626. The smallest absolute Gasteiger partial charge is 0.352 e. The molecule has 0 aliphatic carbocycles. The average molecular weight is 551 g/mol. The van der Waals surface area contributed by atoms with Gasteiger partial charge in [-0.2, -0.15) is 4.68 Å². The van der Waals surface area contributed by atoms with Crippen molar-refractivity contribution < 1.29 is 38.9 Å². The van der Waals surface area contributed by atoms with Gasteiger partial charge in [0.05, 0.1) is 6.20 Å². The van der Waals surface area contributed by atoms with Crippen LogP contribution in [0.5, 0.6) is 0 Å². The van der Waals surface area contributed by atoms with Gasteiger partial charge in [0, 0.05) is 17.2 Å². The molecular weight excluding hydrogens is 526 g/mol. The number of aryl methyl sites for hydroxylation is 1. The van der Waals surface area contributed by atoms with E-state index in [1.54, 1.807) is 10.9 Å². The molecule has 0 saturated carbocycles. The fraction of sp³-hybridized carbons (Fsp3) is 0.381. The van der Waals surface area contributed by atoms with Crippen molar-refractivity contribution in [1.29, 1.82) is 0 Å². The molecule has 1 saturated heterocycles. The van der Waals surface area contributed by atoms with Gasteiger partial charge in [-0.05, 0) is 19.4 Å². The molecule has 2 atom stereocenters. The normalized spacial score (nSPS) is 19.8. The van der Waals surface area contributed by atoms with Crippen LogP contribution in [0.3, 0.4) is 0 Å². The molecule has 5 N–H and O–H groups in total. The molecule has 196 valence electrons. The van der Waals surface area contributed by atoms with Crippen molar-refractivity contribution in [3.8, 4) is 0 Å². The lowest BCUT2D eigenvalue weighted by atomic mass is 10.0. The zero-order valence-electron chi connectivity index (χ0n) is 19.9. The monoisotopic (exact) mass is 550 g/mol. The Morgan fingerprint density at radius 2 is 2.11 bits per heavy atom. The molecule has 0 aromatic carbocycles. The number of rotatable bonds is 9. The summed E-state index contributed by atoms with van der Waals surface area (Å²) < 4.78 is 3.60. The number of aromatic nitrogens is 3. The van der Waals surface area contributed by atoms with Crippen molar-refractivity contribution in [1.82, 2.24) is 19.9 Å². The van der Waals surface area contributed by atoms with E-state index in [2.05, 4.69) is 15.5 Å². The second kappa shape index (κ2) is 9.85. The number of carboxylic acid groups (broad SMARTS) is 2. The molecule has 4 heterocycles. The maximum absolute atomic E-state index is 13.1. The first-order chi connectivity index (χ1) is 17.4. The van der Waals surface area contributed by atoms with Crippen LogP contribution in [0, 0.1) is 0 Å². The van der Waals surface area contributed by atoms with Crippen molar-refractivity contribution in [2.24, 2.45) is 12.2 Å². The van der Waals surface area contributed by atoms with Crippen LogP contribution in [0.1, 0.15) is 19.5 Å². The molecule has 2 amide bonds. The van der Waals surface area contributed by atoms with Crippen LogP contribution in [0.25, 0.3) is 0 Å². The highest BCUT2D eigenvalue weighted by atomic mass is 32.2. The molecule has 1 fully saturated rings. The number of thioether (sulfide) groups is 1. The van der Waals surface area contributed by atoms with Crippen LogP contribution in [0.2, 0.25) is 0 Å². The molecule has 0 spiro atoms. The number of thiazole rings is 1. The number of nitrogens with one attached hydrogen (secondary N) is 1. The van der Waals surface area contributed by atoms with Crippen LogP contribution < -0.4 is 15.7 Å². The Bertz CT molecular complexity index is 1350. The van der Waals surface area contributed by atoms with Gasteiger partial charge in [-0.15, -0.1) is 27.8 Å². The maximum Gasteiger partial charge on any atom is 0.352 e. The lowest BCUT2D eigenvalue weighted by Crippen LogP contribution is -2.71. The Kier molecular flexibility index (Phi) is 6.96. The standard InChI is InChI=1S/C21H23N7O7S2/c1-21(2,19(33)34)35-25-12(11-9-37-20(22)23-11)15(29)24-13-16(30)28-14(18(31)32)10(8-36-17(13)28)7-27-6-4-5-26(27)3/h4-6,9,13,17H,7-8H2,1-3H3,(H4-,22,23,24,29,31,32,33,34)/p+1/b25-12-/t13-,17-/m1/s1. The Hall–Kier alpha value is -3.92. The maximum atomic E-state index is 13.1. The number of nitrogens with two attached hydrogens (primary N) is 1. The quantitative estimate of drug-likeness (QED) is 0.135. The van der Waals surface area contributed by atoms with E-state index in [0.717, 1.165) is 11.3 Å². The number of anilines is 1. The largest absolute Gasteiger partial charge is 0.478 e. The molecule has 2 aromatic rings. The van der Waals surface area contributed by atoms with Crippen LogP contribution in [0.15, 0.2) is 40.3 Å². The third-order valence-corrected chi connectivity index (χ3v) is 7.73. The summed E-state index contributed by atoms with van der Waals surface area (Å²) in [7, 11) is 1.82. The minimum atomic E-state index is -1.75. The zero-order chi connectivity index (χ0) is 27.1. The van der Waals surface area contributed by atoms with E-state index in [1.165, 1.54) is 35.9 Å². The van der Waals surface area contributed by atoms with E-state index >= 15 is 0 Å². The number of β-lactam (4-membered cyclic amide) rings is 1. The molecule has 0 bridgehead atoms. The second-order valence-electron chi connectivity index (χ2n) is 8.70. The topological polar surface area (TPSA) is 193 Å². The lowest BCUT2D eigenvalue weighted by molar-refractivity contribution is -0.752. The van der Waals surface area contributed by atoms with Crippen molar-refractivity contribution in [3.05, 3.63) is 40.8 Å². The van der Waals surface area contributed by atoms with E-state index in [-0.39, 0.29) is 28.8 Å². The number of hydrogen-bond donors (Lipinski definition) is 4. The predicted molar refractivity (Wildman–Crippen MR) is 131 cm³/mol. The van der Waals surface area contributed by atoms with Gasteiger partial charge in [0.25, 0.3) is 11.8 Å². The Morgan fingerprint density at radius 1 is 1.38 bits per heavy atom. The summed E-state index contributed by atoms with van der Waals surface area (Å²) in [4.78, 5) is 59.9. The molecule has 2 aromatic heterocycles. The SMILES string of the molecule is C[n+]1cccn1CC1=C(C(=O)O)N2C(=O)[C@@H](NC(=O)/C(=N\OC(C)(C)C(=O)O)c3csc(N)n3)[C@H]2SC1. The summed E-state index contributed by atoms with van der Waals surface area (Å²) in [6, 6.07) is 0.779. The molecular formula is C21H24N7O7S2+. The van der Waals surface area contributed by atoms with Crippen LogP contribution >= 0.6 is 23.1 Å². The van der Waals surface area contributed by atoms with Gasteiger partial charge < -0.3 is 26.1 Å². The van der Waals surface area contributed by atoms with Crippen molar-refractivity contribution in [2.75, 3.05) is 11.5 Å². The number of nitrogen functional groups attached to an aromatic ring is 1. The highest BCUT2D eigenvalue weighted by Crippen LogP contribution is 2.40. The molecule has 0 unspecified atom stereocenters. The van der Waals surface area contributed by atoms with Gasteiger partial charge in [-0.1, -0.05) is 5.16 Å². The van der Waals surface area contributed by atoms with Gasteiger partial charge in [0.2, 0.25) is 5.60 Å². The fourth-order valence-corrected chi connectivity index (χ4v) is 5.51. The molecule has 16 heteroatoms. The number of hydrogen-bond acceptors (Lipinski definition) is 10. The number of carbonyl (C=O) groups is 4. The van der Waals surface area contributed by atoms with Gasteiger partial charge >= 0.3 is 11.9 Å². The van der Waals surface area contributed by atoms with Gasteiger partial charge in [-0.25, -0.2) is 14.6 Å². The summed E-state index contributed by atoms with van der Waals surface area (Å²) in [5, 5.41) is 26.4. The Morgan fingerprint density at radius 3 is 2.68 bits per heavy atom. The molecule has 2 aliphatic heterocycles. The molecule has 4 rings (SSSR count). The van der Waals surface area contributed by atoms with E-state index in [9.17, 15) is 29.4 Å². The highest BCUT2D eigenvalue weighted by molar-refractivity contribution is 8.00. The van der Waals surface area contributed by atoms with E-state index in [4.69, 9.17) is 10.6 Å². The van der Waals surface area contributed by atoms with Crippen molar-refractivity contribution >= 4 is 57.7 Å². The van der Waals surface area contributed by atoms with Crippen LogP contribution in [0.4, 0.5) is 5.13 Å². The molecule has 2 aliphatic rings. The number of amides is 2. The lowest BCUT2D eigenvalue weighted by Gasteiger charge is -2.49. The zero-order valence-corrected chi connectivity index (χ0v) is 21.6. The van der Waals surface area contributed by atoms with Gasteiger partial charge in [0.1, 0.15) is 29.4 Å². The fourth-order valence-electron chi connectivity index (χ4n) is 3.63.